The van der Waals surface area contributed by atoms with Crippen LogP contribution in [0.15, 0.2) is 42.7 Å². The average molecular weight is 375 g/mol. The van der Waals surface area contributed by atoms with Crippen LogP contribution in [-0.2, 0) is 4.74 Å². The van der Waals surface area contributed by atoms with Gasteiger partial charge in [0.25, 0.3) is 0 Å². The van der Waals surface area contributed by atoms with Crippen molar-refractivity contribution in [2.24, 2.45) is 0 Å². The Hall–Kier alpha value is -3.07. The summed E-state index contributed by atoms with van der Waals surface area (Å²) in [5, 5.41) is 7.02. The monoisotopic (exact) mass is 375 g/mol. The van der Waals surface area contributed by atoms with E-state index in [2.05, 4.69) is 15.4 Å². The smallest absolute Gasteiger partial charge is 0.246 e. The molecule has 3 aromatic rings. The number of ether oxygens (including phenoxy) is 1. The van der Waals surface area contributed by atoms with Gasteiger partial charge in [0.05, 0.1) is 13.2 Å². The molecule has 9 heteroatoms. The minimum atomic E-state index is -0.758. The minimum Gasteiger partial charge on any atom is -0.378 e. The van der Waals surface area contributed by atoms with Crippen molar-refractivity contribution in [1.29, 1.82) is 0 Å². The number of benzene rings is 2. The molecule has 0 unspecified atom stereocenters. The van der Waals surface area contributed by atoms with Crippen molar-refractivity contribution in [3.63, 3.8) is 0 Å². The lowest BCUT2D eigenvalue weighted by atomic mass is 10.2. The van der Waals surface area contributed by atoms with Gasteiger partial charge in [-0.15, -0.1) is 5.10 Å². The molecule has 27 heavy (non-hydrogen) atoms. The predicted molar refractivity (Wildman–Crippen MR) is 94.0 cm³/mol. The normalized spacial score (nSPS) is 14.4. The Morgan fingerprint density at radius 2 is 1.78 bits per heavy atom. The summed E-state index contributed by atoms with van der Waals surface area (Å²) >= 11 is 0. The molecule has 2 aromatic carbocycles. The zero-order valence-corrected chi connectivity index (χ0v) is 14.2. The third-order valence-electron chi connectivity index (χ3n) is 4.16. The second-order valence-electron chi connectivity index (χ2n) is 6.03. The molecular formula is C18H16F3N5O. The first-order chi connectivity index (χ1) is 13.1. The Balaban J connectivity index is 1.56. The SMILES string of the molecule is Fc1cc(Nc2ncn(-c3ccc(F)cc3F)n2)cc(N2CCOCC2)c1. The van der Waals surface area contributed by atoms with E-state index >= 15 is 0 Å². The third-order valence-corrected chi connectivity index (χ3v) is 4.16. The van der Waals surface area contributed by atoms with Gasteiger partial charge in [-0.3, -0.25) is 0 Å². The summed E-state index contributed by atoms with van der Waals surface area (Å²) < 4.78 is 47.4. The van der Waals surface area contributed by atoms with Gasteiger partial charge in [-0.2, -0.15) is 4.98 Å². The molecule has 1 fully saturated rings. The van der Waals surface area contributed by atoms with Crippen LogP contribution in [0.5, 0.6) is 0 Å². The Morgan fingerprint density at radius 1 is 0.963 bits per heavy atom. The molecular weight excluding hydrogens is 359 g/mol. The maximum Gasteiger partial charge on any atom is 0.246 e. The molecule has 0 saturated carbocycles. The molecule has 1 aliphatic heterocycles. The van der Waals surface area contributed by atoms with Crippen LogP contribution in [0, 0.1) is 17.5 Å². The lowest BCUT2D eigenvalue weighted by Gasteiger charge is -2.29. The highest BCUT2D eigenvalue weighted by molar-refractivity contribution is 5.62. The minimum absolute atomic E-state index is 0.0604. The number of nitrogens with one attached hydrogen (secondary N) is 1. The van der Waals surface area contributed by atoms with Gasteiger partial charge in [0.1, 0.15) is 23.6 Å². The van der Waals surface area contributed by atoms with E-state index in [-0.39, 0.29) is 11.6 Å². The summed E-state index contributed by atoms with van der Waals surface area (Å²) in [6.45, 7) is 2.54. The number of rotatable bonds is 4. The number of halogens is 3. The number of morpholine rings is 1. The summed E-state index contributed by atoms with van der Waals surface area (Å²) in [5.74, 6) is -1.67. The van der Waals surface area contributed by atoms with Gasteiger partial charge in [-0.1, -0.05) is 0 Å². The van der Waals surface area contributed by atoms with E-state index in [9.17, 15) is 13.2 Å². The quantitative estimate of drug-likeness (QED) is 0.759. The lowest BCUT2D eigenvalue weighted by molar-refractivity contribution is 0.122. The Bertz CT molecular complexity index is 956. The maximum absolute atomic E-state index is 14.0. The highest BCUT2D eigenvalue weighted by Crippen LogP contribution is 2.24. The molecule has 4 rings (SSSR count). The van der Waals surface area contributed by atoms with Crippen LogP contribution >= 0.6 is 0 Å². The molecule has 1 aromatic heterocycles. The van der Waals surface area contributed by atoms with Crippen LogP contribution in [0.2, 0.25) is 0 Å². The largest absolute Gasteiger partial charge is 0.378 e. The molecule has 0 spiro atoms. The van der Waals surface area contributed by atoms with E-state index in [1.807, 2.05) is 4.90 Å². The average Bonchev–Trinajstić information content (AvgIpc) is 3.10. The van der Waals surface area contributed by atoms with E-state index < -0.39 is 17.5 Å². The van der Waals surface area contributed by atoms with Crippen molar-refractivity contribution in [1.82, 2.24) is 14.8 Å². The van der Waals surface area contributed by atoms with Crippen molar-refractivity contribution in [3.8, 4) is 5.69 Å². The Labute approximate surface area is 153 Å². The Kier molecular flexibility index (Phi) is 4.68. The second kappa shape index (κ2) is 7.28. The summed E-state index contributed by atoms with van der Waals surface area (Å²) in [7, 11) is 0. The molecule has 1 aliphatic rings. The molecule has 0 aliphatic carbocycles. The Morgan fingerprint density at radius 3 is 2.56 bits per heavy atom. The van der Waals surface area contributed by atoms with Crippen molar-refractivity contribution in [2.45, 2.75) is 0 Å². The van der Waals surface area contributed by atoms with E-state index in [4.69, 9.17) is 4.74 Å². The van der Waals surface area contributed by atoms with Gasteiger partial charge >= 0.3 is 0 Å². The lowest BCUT2D eigenvalue weighted by Crippen LogP contribution is -2.36. The van der Waals surface area contributed by atoms with E-state index in [0.29, 0.717) is 32.0 Å². The van der Waals surface area contributed by atoms with Gasteiger partial charge in [0, 0.05) is 30.5 Å². The third kappa shape index (κ3) is 3.87. The molecule has 2 heterocycles. The fourth-order valence-corrected chi connectivity index (χ4v) is 2.88. The van der Waals surface area contributed by atoms with Gasteiger partial charge in [0.15, 0.2) is 5.82 Å². The predicted octanol–water partition coefficient (Wildman–Crippen LogP) is 3.26. The molecule has 1 N–H and O–H groups in total. The van der Waals surface area contributed by atoms with Crippen LogP contribution in [0.3, 0.4) is 0 Å². The molecule has 140 valence electrons. The summed E-state index contributed by atoms with van der Waals surface area (Å²) in [4.78, 5) is 6.07. The van der Waals surface area contributed by atoms with Crippen LogP contribution in [0.1, 0.15) is 0 Å². The molecule has 0 radical (unpaired) electrons. The van der Waals surface area contributed by atoms with Gasteiger partial charge < -0.3 is 15.0 Å². The van der Waals surface area contributed by atoms with E-state index in [0.717, 1.165) is 17.8 Å². The van der Waals surface area contributed by atoms with E-state index in [1.165, 1.54) is 29.2 Å². The van der Waals surface area contributed by atoms with Gasteiger partial charge in [-0.25, -0.2) is 17.9 Å². The topological polar surface area (TPSA) is 55.2 Å². The van der Waals surface area contributed by atoms with Crippen LogP contribution < -0.4 is 10.2 Å². The van der Waals surface area contributed by atoms with Crippen molar-refractivity contribution in [2.75, 3.05) is 36.5 Å². The van der Waals surface area contributed by atoms with Crippen LogP contribution in [-0.4, -0.2) is 41.1 Å². The maximum atomic E-state index is 14.0. The molecule has 6 nitrogen and oxygen atoms in total. The van der Waals surface area contributed by atoms with E-state index in [1.54, 1.807) is 6.07 Å². The molecule has 0 atom stereocenters. The number of anilines is 3. The van der Waals surface area contributed by atoms with Gasteiger partial charge in [0.2, 0.25) is 5.95 Å². The first-order valence-electron chi connectivity index (χ1n) is 8.36. The van der Waals surface area contributed by atoms with Crippen LogP contribution in [0.25, 0.3) is 5.69 Å². The highest BCUT2D eigenvalue weighted by atomic mass is 19.1. The summed E-state index contributed by atoms with van der Waals surface area (Å²) in [5.41, 5.74) is 1.25. The number of nitrogens with zero attached hydrogens (tertiary/aromatic N) is 4. The number of hydrogen-bond donors (Lipinski definition) is 1. The zero-order valence-electron chi connectivity index (χ0n) is 14.2. The fraction of sp³-hybridized carbons (Fsp3) is 0.222. The molecule has 0 bridgehead atoms. The highest BCUT2D eigenvalue weighted by Gasteiger charge is 2.14. The zero-order chi connectivity index (χ0) is 18.8. The number of aromatic nitrogens is 3. The summed E-state index contributed by atoms with van der Waals surface area (Å²) in [6, 6.07) is 7.73. The van der Waals surface area contributed by atoms with Crippen LogP contribution in [0.4, 0.5) is 30.5 Å². The first-order valence-corrected chi connectivity index (χ1v) is 8.36. The van der Waals surface area contributed by atoms with Gasteiger partial charge in [-0.05, 0) is 30.3 Å². The number of hydrogen-bond acceptors (Lipinski definition) is 5. The first kappa shape index (κ1) is 17.3. The second-order valence-corrected chi connectivity index (χ2v) is 6.03. The molecule has 0 amide bonds. The van der Waals surface area contributed by atoms with Crippen molar-refractivity contribution in [3.05, 3.63) is 60.2 Å². The molecule has 1 saturated heterocycles. The van der Waals surface area contributed by atoms with Crippen molar-refractivity contribution < 1.29 is 17.9 Å². The summed E-state index contributed by atoms with van der Waals surface area (Å²) in [6.07, 6.45) is 1.29. The fourth-order valence-electron chi connectivity index (χ4n) is 2.88. The standard InChI is InChI=1S/C18H16F3N5O/c19-12-1-2-17(16(21)9-12)26-11-22-18(24-26)23-14-7-13(20)8-15(10-14)25-3-5-27-6-4-25/h1-2,7-11H,3-6H2,(H,23,24). The van der Waals surface area contributed by atoms with Crippen molar-refractivity contribution >= 4 is 17.3 Å².